The van der Waals surface area contributed by atoms with Crippen LogP contribution >= 0.6 is 12.2 Å². The highest BCUT2D eigenvalue weighted by atomic mass is 32.1. The number of hydrogen-bond acceptors (Lipinski definition) is 2. The predicted molar refractivity (Wildman–Crippen MR) is 108 cm³/mol. The topological polar surface area (TPSA) is 41.9 Å². The molecule has 1 heterocycles. The summed E-state index contributed by atoms with van der Waals surface area (Å²) in [5.74, 6) is 0.525. The molecule has 0 atom stereocenters. The second-order valence-electron chi connectivity index (χ2n) is 6.26. The third kappa shape index (κ3) is 4.90. The molecule has 0 aliphatic heterocycles. The summed E-state index contributed by atoms with van der Waals surface area (Å²) in [7, 11) is 0. The van der Waals surface area contributed by atoms with Gasteiger partial charge in [0.25, 0.3) is 0 Å². The van der Waals surface area contributed by atoms with Gasteiger partial charge in [0, 0.05) is 23.8 Å². The monoisotopic (exact) mass is 350 g/mol. The smallest absolute Gasteiger partial charge is 0.175 e. The van der Waals surface area contributed by atoms with Gasteiger partial charge in [-0.2, -0.15) is 5.10 Å². The molecule has 1 aromatic heterocycles. The SMILES string of the molecule is CC(C)c1ccc(NC(=S)Nc2cccc(Cn3cccn3)c2)cc1. The Hall–Kier alpha value is -2.66. The van der Waals surface area contributed by atoms with Crippen LogP contribution < -0.4 is 10.6 Å². The second kappa shape index (κ2) is 7.94. The number of nitrogens with zero attached hydrogens (tertiary/aromatic N) is 2. The first-order chi connectivity index (χ1) is 12.1. The summed E-state index contributed by atoms with van der Waals surface area (Å²) in [5, 5.41) is 11.3. The van der Waals surface area contributed by atoms with Crippen LogP contribution in [0.3, 0.4) is 0 Å². The zero-order chi connectivity index (χ0) is 17.6. The van der Waals surface area contributed by atoms with Crippen molar-refractivity contribution in [3.8, 4) is 0 Å². The highest BCUT2D eigenvalue weighted by Crippen LogP contribution is 2.18. The molecule has 5 heteroatoms. The largest absolute Gasteiger partial charge is 0.332 e. The Kier molecular flexibility index (Phi) is 5.46. The summed E-state index contributed by atoms with van der Waals surface area (Å²) < 4.78 is 1.89. The number of thiocarbonyl (C=S) groups is 1. The van der Waals surface area contributed by atoms with Crippen LogP contribution in [0.2, 0.25) is 0 Å². The number of rotatable bonds is 5. The quantitative estimate of drug-likeness (QED) is 0.645. The number of nitrogens with one attached hydrogen (secondary N) is 2. The fourth-order valence-corrected chi connectivity index (χ4v) is 2.81. The summed E-state index contributed by atoms with van der Waals surface area (Å²) in [6.45, 7) is 5.11. The van der Waals surface area contributed by atoms with Gasteiger partial charge in [0.15, 0.2) is 5.11 Å². The molecule has 0 unspecified atom stereocenters. The zero-order valence-corrected chi connectivity index (χ0v) is 15.3. The van der Waals surface area contributed by atoms with E-state index in [4.69, 9.17) is 12.2 Å². The van der Waals surface area contributed by atoms with Crippen molar-refractivity contribution < 1.29 is 0 Å². The predicted octanol–water partition coefficient (Wildman–Crippen LogP) is 4.86. The van der Waals surface area contributed by atoms with Crippen LogP contribution in [0.4, 0.5) is 11.4 Å². The lowest BCUT2D eigenvalue weighted by atomic mass is 10.0. The standard InChI is InChI=1S/C20H22N4S/c1-15(2)17-7-9-18(10-8-17)22-20(25)23-19-6-3-5-16(13-19)14-24-12-4-11-21-24/h3-13,15H,14H2,1-2H3,(H2,22,23,25). The van der Waals surface area contributed by atoms with Crippen LogP contribution in [-0.2, 0) is 6.54 Å². The molecular weight excluding hydrogens is 328 g/mol. The molecule has 0 aliphatic rings. The molecule has 0 bridgehead atoms. The maximum atomic E-state index is 5.42. The van der Waals surface area contributed by atoms with Crippen LogP contribution in [0.15, 0.2) is 67.0 Å². The van der Waals surface area contributed by atoms with E-state index in [0.29, 0.717) is 11.0 Å². The van der Waals surface area contributed by atoms with Crippen LogP contribution in [0.25, 0.3) is 0 Å². The van der Waals surface area contributed by atoms with Gasteiger partial charge in [0.2, 0.25) is 0 Å². The number of hydrogen-bond donors (Lipinski definition) is 2. The molecule has 128 valence electrons. The van der Waals surface area contributed by atoms with Crippen molar-refractivity contribution in [2.45, 2.75) is 26.3 Å². The average molecular weight is 350 g/mol. The van der Waals surface area contributed by atoms with E-state index >= 15 is 0 Å². The van der Waals surface area contributed by atoms with Gasteiger partial charge < -0.3 is 10.6 Å². The van der Waals surface area contributed by atoms with Crippen molar-refractivity contribution in [2.75, 3.05) is 10.6 Å². The van der Waals surface area contributed by atoms with E-state index in [9.17, 15) is 0 Å². The third-order valence-electron chi connectivity index (χ3n) is 3.92. The van der Waals surface area contributed by atoms with Crippen molar-refractivity contribution in [2.24, 2.45) is 0 Å². The normalized spacial score (nSPS) is 10.7. The van der Waals surface area contributed by atoms with Crippen molar-refractivity contribution in [1.82, 2.24) is 9.78 Å². The second-order valence-corrected chi connectivity index (χ2v) is 6.67. The van der Waals surface area contributed by atoms with E-state index in [1.807, 2.05) is 29.1 Å². The summed E-state index contributed by atoms with van der Waals surface area (Å²) >= 11 is 5.42. The molecule has 0 saturated carbocycles. The highest BCUT2D eigenvalue weighted by Gasteiger charge is 2.03. The Labute approximate surface area is 153 Å². The van der Waals surface area contributed by atoms with Crippen LogP contribution in [0, 0.1) is 0 Å². The average Bonchev–Trinajstić information content (AvgIpc) is 3.08. The Morgan fingerprint density at radius 3 is 2.48 bits per heavy atom. The molecule has 2 N–H and O–H groups in total. The summed E-state index contributed by atoms with van der Waals surface area (Å²) in [6.07, 6.45) is 3.73. The molecule has 0 fully saturated rings. The van der Waals surface area contributed by atoms with Gasteiger partial charge in [-0.3, -0.25) is 4.68 Å². The first-order valence-electron chi connectivity index (χ1n) is 8.34. The minimum absolute atomic E-state index is 0.525. The molecule has 0 saturated heterocycles. The van der Waals surface area contributed by atoms with E-state index in [1.54, 1.807) is 6.20 Å². The minimum Gasteiger partial charge on any atom is -0.332 e. The molecule has 3 aromatic rings. The molecule has 0 amide bonds. The summed E-state index contributed by atoms with van der Waals surface area (Å²) in [5.41, 5.74) is 4.42. The first-order valence-corrected chi connectivity index (χ1v) is 8.75. The van der Waals surface area contributed by atoms with Gasteiger partial charge in [-0.1, -0.05) is 38.1 Å². The van der Waals surface area contributed by atoms with E-state index in [2.05, 4.69) is 66.0 Å². The minimum atomic E-state index is 0.525. The van der Waals surface area contributed by atoms with Crippen molar-refractivity contribution >= 4 is 28.7 Å². The van der Waals surface area contributed by atoms with E-state index in [1.165, 1.54) is 5.56 Å². The van der Waals surface area contributed by atoms with Crippen molar-refractivity contribution in [3.05, 3.63) is 78.1 Å². The summed E-state index contributed by atoms with van der Waals surface area (Å²) in [4.78, 5) is 0. The number of aromatic nitrogens is 2. The van der Waals surface area contributed by atoms with E-state index < -0.39 is 0 Å². The molecule has 4 nitrogen and oxygen atoms in total. The highest BCUT2D eigenvalue weighted by molar-refractivity contribution is 7.80. The Morgan fingerprint density at radius 2 is 1.80 bits per heavy atom. The van der Waals surface area contributed by atoms with Crippen LogP contribution in [-0.4, -0.2) is 14.9 Å². The lowest BCUT2D eigenvalue weighted by Crippen LogP contribution is -2.19. The zero-order valence-electron chi connectivity index (χ0n) is 14.4. The molecule has 3 rings (SSSR count). The van der Waals surface area contributed by atoms with Crippen LogP contribution in [0.5, 0.6) is 0 Å². The lowest BCUT2D eigenvalue weighted by molar-refractivity contribution is 0.687. The van der Waals surface area contributed by atoms with Gasteiger partial charge >= 0.3 is 0 Å². The van der Waals surface area contributed by atoms with Crippen molar-refractivity contribution in [3.63, 3.8) is 0 Å². The molecule has 0 radical (unpaired) electrons. The number of benzene rings is 2. The maximum absolute atomic E-state index is 5.42. The van der Waals surface area contributed by atoms with Crippen molar-refractivity contribution in [1.29, 1.82) is 0 Å². The van der Waals surface area contributed by atoms with Gasteiger partial charge in [-0.25, -0.2) is 0 Å². The lowest BCUT2D eigenvalue weighted by Gasteiger charge is -2.13. The first kappa shape index (κ1) is 17.2. The fourth-order valence-electron chi connectivity index (χ4n) is 2.57. The van der Waals surface area contributed by atoms with E-state index in [-0.39, 0.29) is 0 Å². The Morgan fingerprint density at radius 1 is 1.04 bits per heavy atom. The maximum Gasteiger partial charge on any atom is 0.175 e. The van der Waals surface area contributed by atoms with E-state index in [0.717, 1.165) is 23.5 Å². The van der Waals surface area contributed by atoms with Gasteiger partial charge in [-0.15, -0.1) is 0 Å². The molecule has 0 aliphatic carbocycles. The van der Waals surface area contributed by atoms with Gasteiger partial charge in [-0.05, 0) is 59.6 Å². The number of anilines is 2. The Bertz CT molecular complexity index is 823. The Balaban J connectivity index is 1.60. The molecular formula is C20H22N4S. The van der Waals surface area contributed by atoms with Crippen LogP contribution in [0.1, 0.15) is 30.9 Å². The van der Waals surface area contributed by atoms with Gasteiger partial charge in [0.1, 0.15) is 0 Å². The summed E-state index contributed by atoms with van der Waals surface area (Å²) in [6, 6.07) is 18.5. The molecule has 2 aromatic carbocycles. The van der Waals surface area contributed by atoms with Gasteiger partial charge in [0.05, 0.1) is 6.54 Å². The molecule has 25 heavy (non-hydrogen) atoms. The third-order valence-corrected chi connectivity index (χ3v) is 4.13. The fraction of sp³-hybridized carbons (Fsp3) is 0.200. The molecule has 0 spiro atoms.